The predicted molar refractivity (Wildman–Crippen MR) is 90.9 cm³/mol. The third-order valence-corrected chi connectivity index (χ3v) is 4.60. The number of hydrogen-bond donors (Lipinski definition) is 1. The molecule has 7 heteroatoms. The number of benzene rings is 1. The van der Waals surface area contributed by atoms with Crippen molar-refractivity contribution in [1.29, 1.82) is 0 Å². The first-order valence-corrected chi connectivity index (χ1v) is 8.40. The minimum atomic E-state index is -0.551. The van der Waals surface area contributed by atoms with Gasteiger partial charge in [-0.15, -0.1) is 0 Å². The van der Waals surface area contributed by atoms with Gasteiger partial charge in [0.2, 0.25) is 17.7 Å². The molecule has 1 unspecified atom stereocenters. The first-order chi connectivity index (χ1) is 11.9. The molecule has 1 atom stereocenters. The van der Waals surface area contributed by atoms with Crippen LogP contribution >= 0.6 is 0 Å². The number of piperazine rings is 1. The lowest BCUT2D eigenvalue weighted by Crippen LogP contribution is -2.60. The molecule has 7 nitrogen and oxygen atoms in total. The van der Waals surface area contributed by atoms with Crippen LogP contribution in [0.15, 0.2) is 24.3 Å². The van der Waals surface area contributed by atoms with E-state index in [2.05, 4.69) is 5.32 Å². The van der Waals surface area contributed by atoms with Crippen LogP contribution in [0.5, 0.6) is 0 Å². The highest BCUT2D eigenvalue weighted by atomic mass is 16.2. The van der Waals surface area contributed by atoms with Gasteiger partial charge in [0.25, 0.3) is 0 Å². The Hall–Kier alpha value is -2.70. The summed E-state index contributed by atoms with van der Waals surface area (Å²) in [5, 5.41) is 2.30. The second kappa shape index (κ2) is 7.04. The zero-order valence-corrected chi connectivity index (χ0v) is 14.2. The Morgan fingerprint density at radius 3 is 2.48 bits per heavy atom. The standard InChI is InChI=1S/C18H21N3O4/c1-12(22)10-13-2-4-14(5-3-13)20-8-9-21(17(24)11-20)15-6-7-16(23)19-18(15)25/h2-5,15H,6-11H2,1H3,(H,19,23,25). The molecular weight excluding hydrogens is 322 g/mol. The van der Waals surface area contributed by atoms with Crippen LogP contribution in [0.4, 0.5) is 5.69 Å². The fourth-order valence-corrected chi connectivity index (χ4v) is 3.33. The average Bonchev–Trinajstić information content (AvgIpc) is 2.56. The largest absolute Gasteiger partial charge is 0.360 e. The summed E-state index contributed by atoms with van der Waals surface area (Å²) in [6.07, 6.45) is 1.06. The second-order valence-electron chi connectivity index (χ2n) is 6.52. The summed E-state index contributed by atoms with van der Waals surface area (Å²) in [5.74, 6) is -0.668. The number of amides is 3. The number of anilines is 1. The van der Waals surface area contributed by atoms with Crippen molar-refractivity contribution in [2.24, 2.45) is 0 Å². The number of imide groups is 1. The van der Waals surface area contributed by atoms with E-state index in [9.17, 15) is 19.2 Å². The highest BCUT2D eigenvalue weighted by Crippen LogP contribution is 2.21. The number of piperidine rings is 1. The minimum Gasteiger partial charge on any atom is -0.360 e. The molecule has 0 bridgehead atoms. The molecule has 0 aromatic heterocycles. The fourth-order valence-electron chi connectivity index (χ4n) is 3.33. The molecule has 2 aliphatic heterocycles. The SMILES string of the molecule is CC(=O)Cc1ccc(N2CCN(C3CCC(=O)NC3=O)C(=O)C2)cc1. The van der Waals surface area contributed by atoms with Gasteiger partial charge in [0.1, 0.15) is 11.8 Å². The van der Waals surface area contributed by atoms with Crippen LogP contribution in [0.3, 0.4) is 0 Å². The topological polar surface area (TPSA) is 86.8 Å². The smallest absolute Gasteiger partial charge is 0.249 e. The first-order valence-electron chi connectivity index (χ1n) is 8.40. The predicted octanol–water partition coefficient (Wildman–Crippen LogP) is 0.272. The van der Waals surface area contributed by atoms with Crippen molar-refractivity contribution in [3.63, 3.8) is 0 Å². The number of nitrogens with one attached hydrogen (secondary N) is 1. The van der Waals surface area contributed by atoms with Crippen LogP contribution in [-0.2, 0) is 25.6 Å². The molecule has 0 spiro atoms. The third kappa shape index (κ3) is 3.87. The lowest BCUT2D eigenvalue weighted by molar-refractivity contribution is -0.145. The Labute approximate surface area is 146 Å². The molecule has 0 saturated carbocycles. The summed E-state index contributed by atoms with van der Waals surface area (Å²) in [7, 11) is 0. The quantitative estimate of drug-likeness (QED) is 0.793. The molecule has 2 fully saturated rings. The van der Waals surface area contributed by atoms with Gasteiger partial charge in [-0.25, -0.2) is 0 Å². The van der Waals surface area contributed by atoms with Gasteiger partial charge in [-0.1, -0.05) is 12.1 Å². The average molecular weight is 343 g/mol. The van der Waals surface area contributed by atoms with E-state index < -0.39 is 6.04 Å². The van der Waals surface area contributed by atoms with Gasteiger partial charge >= 0.3 is 0 Å². The van der Waals surface area contributed by atoms with Crippen molar-refractivity contribution in [3.8, 4) is 0 Å². The summed E-state index contributed by atoms with van der Waals surface area (Å²) < 4.78 is 0. The van der Waals surface area contributed by atoms with Crippen LogP contribution in [0.25, 0.3) is 0 Å². The Kier molecular flexibility index (Phi) is 4.83. The van der Waals surface area contributed by atoms with Gasteiger partial charge in [-0.3, -0.25) is 24.5 Å². The van der Waals surface area contributed by atoms with Crippen LogP contribution in [0.2, 0.25) is 0 Å². The summed E-state index contributed by atoms with van der Waals surface area (Å²) in [4.78, 5) is 50.4. The van der Waals surface area contributed by atoms with Gasteiger partial charge in [-0.2, -0.15) is 0 Å². The van der Waals surface area contributed by atoms with Gasteiger partial charge < -0.3 is 9.80 Å². The number of carbonyl (C=O) groups excluding carboxylic acids is 4. The van der Waals surface area contributed by atoms with Crippen molar-refractivity contribution < 1.29 is 19.2 Å². The molecule has 0 aliphatic carbocycles. The van der Waals surface area contributed by atoms with Crippen LogP contribution in [0, 0.1) is 0 Å². The Balaban J connectivity index is 1.63. The highest BCUT2D eigenvalue weighted by molar-refractivity contribution is 6.02. The van der Waals surface area contributed by atoms with Crippen molar-refractivity contribution in [1.82, 2.24) is 10.2 Å². The number of nitrogens with zero attached hydrogens (tertiary/aromatic N) is 2. The molecule has 1 aromatic carbocycles. The molecule has 25 heavy (non-hydrogen) atoms. The van der Waals surface area contributed by atoms with E-state index in [-0.39, 0.29) is 36.5 Å². The Bertz CT molecular complexity index is 714. The van der Waals surface area contributed by atoms with Crippen LogP contribution < -0.4 is 10.2 Å². The van der Waals surface area contributed by atoms with Crippen LogP contribution in [0.1, 0.15) is 25.3 Å². The molecule has 2 heterocycles. The van der Waals surface area contributed by atoms with E-state index in [1.54, 1.807) is 11.8 Å². The van der Waals surface area contributed by atoms with Crippen molar-refractivity contribution in [2.45, 2.75) is 32.2 Å². The van der Waals surface area contributed by atoms with E-state index in [4.69, 9.17) is 0 Å². The van der Waals surface area contributed by atoms with E-state index in [1.165, 1.54) is 0 Å². The zero-order valence-electron chi connectivity index (χ0n) is 14.2. The minimum absolute atomic E-state index is 0.112. The second-order valence-corrected chi connectivity index (χ2v) is 6.52. The van der Waals surface area contributed by atoms with E-state index in [0.29, 0.717) is 25.9 Å². The van der Waals surface area contributed by atoms with Gasteiger partial charge in [-0.05, 0) is 31.0 Å². The maximum absolute atomic E-state index is 12.5. The van der Waals surface area contributed by atoms with Crippen molar-refractivity contribution >= 4 is 29.2 Å². The van der Waals surface area contributed by atoms with Gasteiger partial charge in [0.05, 0.1) is 6.54 Å². The first kappa shape index (κ1) is 17.1. The van der Waals surface area contributed by atoms with Gasteiger partial charge in [0.15, 0.2) is 0 Å². The van der Waals surface area contributed by atoms with E-state index in [1.807, 2.05) is 29.2 Å². The lowest BCUT2D eigenvalue weighted by Gasteiger charge is -2.40. The van der Waals surface area contributed by atoms with E-state index >= 15 is 0 Å². The number of carbonyl (C=O) groups is 4. The normalized spacial score (nSPS) is 21.3. The molecule has 3 rings (SSSR count). The number of hydrogen-bond acceptors (Lipinski definition) is 5. The molecule has 2 saturated heterocycles. The van der Waals surface area contributed by atoms with Gasteiger partial charge in [0, 0.05) is 31.6 Å². The van der Waals surface area contributed by atoms with Crippen molar-refractivity contribution in [2.75, 3.05) is 24.5 Å². The summed E-state index contributed by atoms with van der Waals surface area (Å²) in [5.41, 5.74) is 1.87. The monoisotopic (exact) mass is 343 g/mol. The number of Topliss-reactive ketones (excluding diaryl/α,β-unsaturated/α-hetero) is 1. The zero-order chi connectivity index (χ0) is 18.0. The molecule has 132 valence electrons. The number of ketones is 1. The Morgan fingerprint density at radius 2 is 1.88 bits per heavy atom. The molecular formula is C18H21N3O4. The lowest BCUT2D eigenvalue weighted by atomic mass is 10.0. The third-order valence-electron chi connectivity index (χ3n) is 4.60. The Morgan fingerprint density at radius 1 is 1.16 bits per heavy atom. The van der Waals surface area contributed by atoms with Crippen molar-refractivity contribution in [3.05, 3.63) is 29.8 Å². The number of rotatable bonds is 4. The maximum Gasteiger partial charge on any atom is 0.249 e. The fraction of sp³-hybridized carbons (Fsp3) is 0.444. The molecule has 3 amide bonds. The molecule has 2 aliphatic rings. The maximum atomic E-state index is 12.5. The molecule has 1 aromatic rings. The molecule has 1 N–H and O–H groups in total. The highest BCUT2D eigenvalue weighted by Gasteiger charge is 2.36. The summed E-state index contributed by atoms with van der Waals surface area (Å²) in [6.45, 7) is 2.82. The summed E-state index contributed by atoms with van der Waals surface area (Å²) in [6, 6.07) is 7.06. The molecule has 0 radical (unpaired) electrons. The summed E-state index contributed by atoms with van der Waals surface area (Å²) >= 11 is 0. The van der Waals surface area contributed by atoms with E-state index in [0.717, 1.165) is 11.3 Å². The van der Waals surface area contributed by atoms with Crippen LogP contribution in [-0.4, -0.2) is 54.1 Å².